The van der Waals surface area contributed by atoms with Gasteiger partial charge in [0.25, 0.3) is 16.0 Å². The quantitative estimate of drug-likeness (QED) is 0.835. The Bertz CT molecular complexity index is 693. The van der Waals surface area contributed by atoms with Crippen LogP contribution in [0.1, 0.15) is 5.56 Å². The van der Waals surface area contributed by atoms with Gasteiger partial charge in [-0.2, -0.15) is 5.10 Å². The molecular formula is C11H12FN5O2S. The van der Waals surface area contributed by atoms with Crippen LogP contribution in [0.4, 0.5) is 10.3 Å². The Morgan fingerprint density at radius 2 is 2.10 bits per heavy atom. The molecule has 0 saturated carbocycles. The number of aromatic nitrogens is 3. The van der Waals surface area contributed by atoms with Gasteiger partial charge in [0.2, 0.25) is 0 Å². The van der Waals surface area contributed by atoms with Crippen LogP contribution in [-0.2, 0) is 16.6 Å². The third-order valence-electron chi connectivity index (χ3n) is 2.40. The van der Waals surface area contributed by atoms with Crippen LogP contribution in [-0.4, -0.2) is 30.6 Å². The van der Waals surface area contributed by atoms with Crippen molar-refractivity contribution in [3.8, 4) is 0 Å². The van der Waals surface area contributed by atoms with E-state index in [1.54, 1.807) is 7.05 Å². The highest BCUT2D eigenvalue weighted by atomic mass is 32.2. The molecule has 20 heavy (non-hydrogen) atoms. The summed E-state index contributed by atoms with van der Waals surface area (Å²) in [5, 5.41) is 9.81. The molecule has 106 valence electrons. The maximum atomic E-state index is 13.5. The van der Waals surface area contributed by atoms with E-state index >= 15 is 0 Å². The standard InChI is InChI=1S/C11H12FN5O2S/c1-13-7-8-6-9(2-3-10(8)12)20(18,19)17-11-14-4-5-15-16-11/h2-6,13H,7H2,1H3,(H,14,16,17). The predicted octanol–water partition coefficient (Wildman–Crippen LogP) is 0.531. The Kier molecular flexibility index (Phi) is 4.20. The van der Waals surface area contributed by atoms with Crippen molar-refractivity contribution in [1.29, 1.82) is 0 Å². The van der Waals surface area contributed by atoms with Crippen LogP contribution in [0.15, 0.2) is 35.5 Å². The molecule has 0 spiro atoms. The van der Waals surface area contributed by atoms with E-state index in [4.69, 9.17) is 0 Å². The third-order valence-corrected chi connectivity index (χ3v) is 3.73. The molecule has 1 aromatic carbocycles. The lowest BCUT2D eigenvalue weighted by Gasteiger charge is -2.08. The molecule has 0 atom stereocenters. The summed E-state index contributed by atoms with van der Waals surface area (Å²) in [5.41, 5.74) is 0.252. The Morgan fingerprint density at radius 1 is 1.30 bits per heavy atom. The summed E-state index contributed by atoms with van der Waals surface area (Å²) in [7, 11) is -2.24. The Labute approximate surface area is 115 Å². The lowest BCUT2D eigenvalue weighted by atomic mass is 10.2. The lowest BCUT2D eigenvalue weighted by Crippen LogP contribution is -2.16. The second kappa shape index (κ2) is 5.88. The molecule has 0 aliphatic heterocycles. The molecule has 0 aliphatic carbocycles. The number of sulfonamides is 1. The number of nitrogens with one attached hydrogen (secondary N) is 2. The molecule has 0 aliphatic rings. The Hall–Kier alpha value is -2.13. The molecule has 0 bridgehead atoms. The smallest absolute Gasteiger partial charge is 0.264 e. The Morgan fingerprint density at radius 3 is 2.75 bits per heavy atom. The van der Waals surface area contributed by atoms with E-state index in [1.165, 1.54) is 24.5 Å². The van der Waals surface area contributed by atoms with Gasteiger partial charge in [0, 0.05) is 12.1 Å². The molecule has 7 nitrogen and oxygen atoms in total. The third kappa shape index (κ3) is 3.25. The van der Waals surface area contributed by atoms with Crippen LogP contribution in [0.5, 0.6) is 0 Å². The average Bonchev–Trinajstić information content (AvgIpc) is 2.42. The number of hydrogen-bond donors (Lipinski definition) is 2. The van der Waals surface area contributed by atoms with Gasteiger partial charge in [-0.15, -0.1) is 5.10 Å². The van der Waals surface area contributed by atoms with Gasteiger partial charge in [0.05, 0.1) is 17.3 Å². The van der Waals surface area contributed by atoms with Crippen molar-refractivity contribution >= 4 is 16.0 Å². The molecule has 2 rings (SSSR count). The van der Waals surface area contributed by atoms with Gasteiger partial charge in [-0.1, -0.05) is 0 Å². The molecule has 0 radical (unpaired) electrons. The fourth-order valence-electron chi connectivity index (χ4n) is 1.52. The summed E-state index contributed by atoms with van der Waals surface area (Å²) in [5.74, 6) is -0.622. The van der Waals surface area contributed by atoms with Crippen LogP contribution in [0, 0.1) is 5.82 Å². The molecule has 9 heteroatoms. The topological polar surface area (TPSA) is 96.9 Å². The zero-order valence-electron chi connectivity index (χ0n) is 10.5. The van der Waals surface area contributed by atoms with Crippen molar-refractivity contribution in [2.75, 3.05) is 11.8 Å². The lowest BCUT2D eigenvalue weighted by molar-refractivity contribution is 0.591. The summed E-state index contributed by atoms with van der Waals surface area (Å²) in [6, 6.07) is 3.53. The summed E-state index contributed by atoms with van der Waals surface area (Å²) in [6.07, 6.45) is 2.63. The normalized spacial score (nSPS) is 11.3. The fourth-order valence-corrected chi connectivity index (χ4v) is 2.51. The van der Waals surface area contributed by atoms with E-state index in [2.05, 4.69) is 25.2 Å². The predicted molar refractivity (Wildman–Crippen MR) is 69.8 cm³/mol. The second-order valence-electron chi connectivity index (χ2n) is 3.86. The van der Waals surface area contributed by atoms with Crippen LogP contribution >= 0.6 is 0 Å². The minimum Gasteiger partial charge on any atom is -0.316 e. The summed E-state index contributed by atoms with van der Waals surface area (Å²) >= 11 is 0. The van der Waals surface area contributed by atoms with Gasteiger partial charge >= 0.3 is 0 Å². The number of nitrogens with zero attached hydrogens (tertiary/aromatic N) is 3. The van der Waals surface area contributed by atoms with E-state index in [-0.39, 0.29) is 23.0 Å². The van der Waals surface area contributed by atoms with Gasteiger partial charge in [-0.3, -0.25) is 0 Å². The molecule has 0 amide bonds. The number of benzene rings is 1. The average molecular weight is 297 g/mol. The summed E-state index contributed by atoms with van der Waals surface area (Å²) in [6.45, 7) is 0.221. The molecule has 0 unspecified atom stereocenters. The first-order valence-corrected chi connectivity index (χ1v) is 7.11. The molecule has 1 heterocycles. The van der Waals surface area contributed by atoms with Crippen LogP contribution < -0.4 is 10.0 Å². The first-order valence-electron chi connectivity index (χ1n) is 5.62. The van der Waals surface area contributed by atoms with Gasteiger partial charge < -0.3 is 5.32 Å². The summed E-state index contributed by atoms with van der Waals surface area (Å²) < 4.78 is 39.9. The molecule has 1 aromatic heterocycles. The van der Waals surface area contributed by atoms with E-state index < -0.39 is 15.8 Å². The molecule has 2 N–H and O–H groups in total. The highest BCUT2D eigenvalue weighted by molar-refractivity contribution is 7.92. The van der Waals surface area contributed by atoms with Gasteiger partial charge in [-0.25, -0.2) is 22.5 Å². The number of anilines is 1. The molecule has 0 saturated heterocycles. The maximum absolute atomic E-state index is 13.5. The number of rotatable bonds is 5. The van der Waals surface area contributed by atoms with Gasteiger partial charge in [0.1, 0.15) is 5.82 Å². The first-order chi connectivity index (χ1) is 9.53. The van der Waals surface area contributed by atoms with Crippen molar-refractivity contribution in [3.63, 3.8) is 0 Å². The van der Waals surface area contributed by atoms with Crippen molar-refractivity contribution in [2.24, 2.45) is 0 Å². The summed E-state index contributed by atoms with van der Waals surface area (Å²) in [4.78, 5) is 3.64. The number of halogens is 1. The van der Waals surface area contributed by atoms with Gasteiger partial charge in [-0.05, 0) is 25.2 Å². The van der Waals surface area contributed by atoms with E-state index in [9.17, 15) is 12.8 Å². The van der Waals surface area contributed by atoms with E-state index in [0.717, 1.165) is 6.07 Å². The zero-order valence-corrected chi connectivity index (χ0v) is 11.4. The second-order valence-corrected chi connectivity index (χ2v) is 5.54. The van der Waals surface area contributed by atoms with Gasteiger partial charge in [0.15, 0.2) is 0 Å². The van der Waals surface area contributed by atoms with Crippen LogP contribution in [0.25, 0.3) is 0 Å². The highest BCUT2D eigenvalue weighted by Crippen LogP contribution is 2.17. The Balaban J connectivity index is 2.32. The van der Waals surface area contributed by atoms with Crippen molar-refractivity contribution in [1.82, 2.24) is 20.5 Å². The SMILES string of the molecule is CNCc1cc(S(=O)(=O)Nc2nccnn2)ccc1F. The van der Waals surface area contributed by atoms with Crippen molar-refractivity contribution in [3.05, 3.63) is 42.0 Å². The van der Waals surface area contributed by atoms with Crippen molar-refractivity contribution in [2.45, 2.75) is 11.4 Å². The zero-order chi connectivity index (χ0) is 14.6. The van der Waals surface area contributed by atoms with Crippen LogP contribution in [0.3, 0.4) is 0 Å². The number of hydrogen-bond acceptors (Lipinski definition) is 6. The van der Waals surface area contributed by atoms with Crippen molar-refractivity contribution < 1.29 is 12.8 Å². The largest absolute Gasteiger partial charge is 0.316 e. The molecule has 0 fully saturated rings. The minimum atomic E-state index is -3.88. The van der Waals surface area contributed by atoms with E-state index in [0.29, 0.717) is 0 Å². The minimum absolute atomic E-state index is 0.0726. The van der Waals surface area contributed by atoms with E-state index in [1.807, 2.05) is 0 Å². The molecule has 2 aromatic rings. The van der Waals surface area contributed by atoms with Crippen LogP contribution in [0.2, 0.25) is 0 Å². The monoisotopic (exact) mass is 297 g/mol. The first kappa shape index (κ1) is 14.3. The molecular weight excluding hydrogens is 285 g/mol. The maximum Gasteiger partial charge on any atom is 0.264 e. The fraction of sp³-hybridized carbons (Fsp3) is 0.182. The highest BCUT2D eigenvalue weighted by Gasteiger charge is 2.17.